The van der Waals surface area contributed by atoms with Gasteiger partial charge in [0.1, 0.15) is 17.3 Å². The number of hydrogen-bond donors (Lipinski definition) is 1. The van der Waals surface area contributed by atoms with Gasteiger partial charge in [-0.15, -0.1) is 0 Å². The van der Waals surface area contributed by atoms with Crippen molar-refractivity contribution in [3.05, 3.63) is 56.7 Å². The molecule has 0 radical (unpaired) electrons. The smallest absolute Gasteiger partial charge is 0.129 e. The molecule has 1 unspecified atom stereocenters. The van der Waals surface area contributed by atoms with Crippen LogP contribution < -0.4 is 5.32 Å². The number of aryl methyl sites for hydroxylation is 1. The van der Waals surface area contributed by atoms with Crippen molar-refractivity contribution in [3.8, 4) is 0 Å². The largest absolute Gasteiger partial charge is 0.464 e. The van der Waals surface area contributed by atoms with E-state index in [2.05, 4.69) is 28.2 Å². The van der Waals surface area contributed by atoms with Gasteiger partial charge in [0.15, 0.2) is 0 Å². The fourth-order valence-corrected chi connectivity index (χ4v) is 2.51. The molecule has 0 aliphatic carbocycles. The monoisotopic (exact) mass is 359 g/mol. The van der Waals surface area contributed by atoms with Crippen molar-refractivity contribution in [1.82, 2.24) is 5.32 Å². The second kappa shape index (κ2) is 6.74. The Bertz CT molecular complexity index is 600. The number of nitrogens with one attached hydrogen (secondary N) is 1. The van der Waals surface area contributed by atoms with Crippen LogP contribution in [-0.4, -0.2) is 6.54 Å². The van der Waals surface area contributed by atoms with E-state index in [0.717, 1.165) is 18.7 Å². The first-order valence-electron chi connectivity index (χ1n) is 6.47. The molecule has 1 heterocycles. The van der Waals surface area contributed by atoms with Crippen molar-refractivity contribution >= 4 is 27.5 Å². The number of benzene rings is 1. The minimum absolute atomic E-state index is 0.316. The van der Waals surface area contributed by atoms with Crippen LogP contribution in [0, 0.1) is 12.7 Å². The van der Waals surface area contributed by atoms with E-state index in [1.165, 1.54) is 6.07 Å². The molecule has 2 rings (SSSR count). The number of hydrogen-bond acceptors (Lipinski definition) is 2. The molecule has 0 aliphatic rings. The molecular formula is C15H16BrClFNO. The van der Waals surface area contributed by atoms with Crippen LogP contribution in [0.3, 0.4) is 0 Å². The predicted octanol–water partition coefficient (Wildman–Crippen LogP) is 5.23. The summed E-state index contributed by atoms with van der Waals surface area (Å²) in [5, 5.41) is 3.77. The van der Waals surface area contributed by atoms with E-state index >= 15 is 0 Å². The average Bonchev–Trinajstić information content (AvgIpc) is 2.82. The van der Waals surface area contributed by atoms with Crippen molar-refractivity contribution in [2.24, 2.45) is 0 Å². The Morgan fingerprint density at radius 2 is 2.15 bits per heavy atom. The van der Waals surface area contributed by atoms with E-state index in [1.807, 2.05) is 19.1 Å². The number of rotatable bonds is 5. The van der Waals surface area contributed by atoms with Gasteiger partial charge in [0, 0.05) is 10.0 Å². The molecule has 108 valence electrons. The molecule has 0 aliphatic heterocycles. The Morgan fingerprint density at radius 3 is 2.75 bits per heavy atom. The molecule has 0 saturated carbocycles. The fourth-order valence-electron chi connectivity index (χ4n) is 2.02. The van der Waals surface area contributed by atoms with Crippen LogP contribution >= 0.6 is 27.5 Å². The highest BCUT2D eigenvalue weighted by molar-refractivity contribution is 9.10. The minimum atomic E-state index is -0.339. The van der Waals surface area contributed by atoms with Gasteiger partial charge in [0.25, 0.3) is 0 Å². The lowest BCUT2D eigenvalue weighted by Gasteiger charge is -2.18. The molecule has 1 aromatic carbocycles. The topological polar surface area (TPSA) is 25.2 Å². The third kappa shape index (κ3) is 3.43. The maximum absolute atomic E-state index is 14.2. The molecule has 0 bridgehead atoms. The van der Waals surface area contributed by atoms with Gasteiger partial charge in [-0.2, -0.15) is 0 Å². The predicted molar refractivity (Wildman–Crippen MR) is 82.7 cm³/mol. The summed E-state index contributed by atoms with van der Waals surface area (Å²) in [7, 11) is 0. The summed E-state index contributed by atoms with van der Waals surface area (Å²) in [4.78, 5) is 0. The SMILES string of the molecule is CCCNC(c1ccc(C)o1)c1cc(Cl)c(Br)cc1F. The van der Waals surface area contributed by atoms with Crippen molar-refractivity contribution in [2.45, 2.75) is 26.3 Å². The molecule has 20 heavy (non-hydrogen) atoms. The quantitative estimate of drug-likeness (QED) is 0.738. The first-order chi connectivity index (χ1) is 9.52. The van der Waals surface area contributed by atoms with E-state index in [0.29, 0.717) is 20.8 Å². The fraction of sp³-hybridized carbons (Fsp3) is 0.333. The van der Waals surface area contributed by atoms with Gasteiger partial charge in [-0.25, -0.2) is 4.39 Å². The van der Waals surface area contributed by atoms with Crippen LogP contribution in [0.1, 0.15) is 36.5 Å². The molecule has 5 heteroatoms. The van der Waals surface area contributed by atoms with Gasteiger partial charge in [-0.1, -0.05) is 18.5 Å². The normalized spacial score (nSPS) is 12.7. The Balaban J connectivity index is 2.43. The maximum atomic E-state index is 14.2. The van der Waals surface area contributed by atoms with Gasteiger partial charge >= 0.3 is 0 Å². The molecule has 1 aromatic heterocycles. The zero-order valence-electron chi connectivity index (χ0n) is 11.3. The maximum Gasteiger partial charge on any atom is 0.129 e. The van der Waals surface area contributed by atoms with Crippen LogP contribution in [0.4, 0.5) is 4.39 Å². The van der Waals surface area contributed by atoms with Crippen LogP contribution in [0.5, 0.6) is 0 Å². The zero-order valence-corrected chi connectivity index (χ0v) is 13.7. The molecule has 0 spiro atoms. The zero-order chi connectivity index (χ0) is 14.7. The van der Waals surface area contributed by atoms with E-state index in [-0.39, 0.29) is 11.9 Å². The summed E-state index contributed by atoms with van der Waals surface area (Å²) in [6.07, 6.45) is 0.946. The Labute approximate surface area is 131 Å². The third-order valence-electron chi connectivity index (χ3n) is 2.99. The lowest BCUT2D eigenvalue weighted by atomic mass is 10.0. The lowest BCUT2D eigenvalue weighted by molar-refractivity contribution is 0.422. The first-order valence-corrected chi connectivity index (χ1v) is 7.64. The third-order valence-corrected chi connectivity index (χ3v) is 4.19. The van der Waals surface area contributed by atoms with E-state index < -0.39 is 0 Å². The minimum Gasteiger partial charge on any atom is -0.464 e. The molecule has 2 aromatic rings. The van der Waals surface area contributed by atoms with E-state index in [1.54, 1.807) is 6.07 Å². The highest BCUT2D eigenvalue weighted by Gasteiger charge is 2.21. The molecule has 0 saturated heterocycles. The summed E-state index contributed by atoms with van der Waals surface area (Å²) in [5.74, 6) is 1.17. The molecule has 0 amide bonds. The molecule has 2 nitrogen and oxygen atoms in total. The second-order valence-corrected chi connectivity index (χ2v) is 5.88. The first kappa shape index (κ1) is 15.5. The van der Waals surface area contributed by atoms with Crippen molar-refractivity contribution in [3.63, 3.8) is 0 Å². The van der Waals surface area contributed by atoms with Crippen LogP contribution in [0.15, 0.2) is 33.2 Å². The summed E-state index contributed by atoms with van der Waals surface area (Å²) in [6.45, 7) is 4.69. The highest BCUT2D eigenvalue weighted by atomic mass is 79.9. The summed E-state index contributed by atoms with van der Waals surface area (Å²) in [5.41, 5.74) is 0.487. The molecule has 0 fully saturated rings. The van der Waals surface area contributed by atoms with E-state index in [9.17, 15) is 4.39 Å². The highest BCUT2D eigenvalue weighted by Crippen LogP contribution is 2.32. The van der Waals surface area contributed by atoms with Gasteiger partial charge in [0.05, 0.1) is 11.1 Å². The van der Waals surface area contributed by atoms with Crippen molar-refractivity contribution in [2.75, 3.05) is 6.54 Å². The number of halogens is 3. The lowest BCUT2D eigenvalue weighted by Crippen LogP contribution is -2.23. The summed E-state index contributed by atoms with van der Waals surface area (Å²) < 4.78 is 20.4. The second-order valence-electron chi connectivity index (χ2n) is 4.62. The molecule has 1 N–H and O–H groups in total. The molecule has 1 atom stereocenters. The van der Waals surface area contributed by atoms with Gasteiger partial charge in [-0.05, 0) is 60.1 Å². The van der Waals surface area contributed by atoms with Crippen LogP contribution in [0.25, 0.3) is 0 Å². The van der Waals surface area contributed by atoms with Crippen molar-refractivity contribution in [1.29, 1.82) is 0 Å². The number of furan rings is 1. The summed E-state index contributed by atoms with van der Waals surface area (Å²) >= 11 is 9.31. The van der Waals surface area contributed by atoms with Crippen LogP contribution in [-0.2, 0) is 0 Å². The van der Waals surface area contributed by atoms with Gasteiger partial charge < -0.3 is 9.73 Å². The van der Waals surface area contributed by atoms with Crippen LogP contribution in [0.2, 0.25) is 5.02 Å². The standard InChI is InChI=1S/C15H16BrClFNO/c1-3-6-19-15(14-5-4-9(2)20-14)10-7-12(17)11(16)8-13(10)18/h4-5,7-8,15,19H,3,6H2,1-2H3. The van der Waals surface area contributed by atoms with Gasteiger partial charge in [0.2, 0.25) is 0 Å². The van der Waals surface area contributed by atoms with Gasteiger partial charge in [-0.3, -0.25) is 0 Å². The summed E-state index contributed by atoms with van der Waals surface area (Å²) in [6, 6.07) is 6.40. The Morgan fingerprint density at radius 1 is 1.40 bits per heavy atom. The average molecular weight is 361 g/mol. The van der Waals surface area contributed by atoms with Crippen molar-refractivity contribution < 1.29 is 8.81 Å². The van der Waals surface area contributed by atoms with E-state index in [4.69, 9.17) is 16.0 Å². The molecular weight excluding hydrogens is 345 g/mol. The Kier molecular flexibility index (Phi) is 5.24. The Hall–Kier alpha value is -0.840.